The molecule has 0 spiro atoms. The van der Waals surface area contributed by atoms with Gasteiger partial charge in [-0.15, -0.1) is 11.8 Å². The van der Waals surface area contributed by atoms with E-state index in [1.165, 1.54) is 40.6 Å². The molecule has 2 N–H and O–H groups in total. The van der Waals surface area contributed by atoms with Crippen LogP contribution >= 0.6 is 23.4 Å². The molecule has 1 aliphatic carbocycles. The molecule has 2 unspecified atom stereocenters. The lowest BCUT2D eigenvalue weighted by molar-refractivity contribution is -0.0436. The Labute approximate surface area is 453 Å². The van der Waals surface area contributed by atoms with Gasteiger partial charge in [-0.3, -0.25) is 14.6 Å². The maximum Gasteiger partial charge on any atom is 0.501 e. The number of carbonyl (C=O) groups is 2. The molecule has 0 radical (unpaired) electrons. The van der Waals surface area contributed by atoms with Gasteiger partial charge < -0.3 is 24.6 Å². The van der Waals surface area contributed by atoms with Gasteiger partial charge in [0.05, 0.1) is 22.3 Å². The van der Waals surface area contributed by atoms with Gasteiger partial charge >= 0.3 is 11.6 Å². The van der Waals surface area contributed by atoms with Gasteiger partial charge in [-0.1, -0.05) is 61.4 Å². The number of ether oxygens (including phenoxy) is 2. The number of sulfonamides is 1. The number of alkyl halides is 3. The number of carbonyl (C=O) groups excluding carboxylic acids is 2. The van der Waals surface area contributed by atoms with Crippen LogP contribution in [-0.4, -0.2) is 137 Å². The smallest absolute Gasteiger partial charge is 0.489 e. The number of allylic oxidation sites excluding steroid dienone is 1. The Bertz CT molecular complexity index is 3050. The Morgan fingerprint density at radius 2 is 1.61 bits per heavy atom. The zero-order valence-electron chi connectivity index (χ0n) is 43.4. The summed E-state index contributed by atoms with van der Waals surface area (Å²) in [5.74, 6) is -0.398. The van der Waals surface area contributed by atoms with Crippen molar-refractivity contribution >= 4 is 72.2 Å². The molecule has 14 nitrogen and oxygen atoms in total. The van der Waals surface area contributed by atoms with Crippen molar-refractivity contribution in [1.82, 2.24) is 19.4 Å². The fourth-order valence-electron chi connectivity index (χ4n) is 11.2. The van der Waals surface area contributed by atoms with E-state index < -0.39 is 58.4 Å². The van der Waals surface area contributed by atoms with Crippen LogP contribution in [0.5, 0.6) is 5.75 Å². The van der Waals surface area contributed by atoms with Gasteiger partial charge in [-0.05, 0) is 137 Å². The molecule has 410 valence electrons. The maximum atomic E-state index is 14.5. The van der Waals surface area contributed by atoms with Gasteiger partial charge in [0.15, 0.2) is 0 Å². The lowest BCUT2D eigenvalue weighted by Crippen LogP contribution is -2.57. The van der Waals surface area contributed by atoms with Crippen molar-refractivity contribution in [3.8, 4) is 5.75 Å². The van der Waals surface area contributed by atoms with Crippen LogP contribution in [0.1, 0.15) is 89.1 Å². The van der Waals surface area contributed by atoms with E-state index in [1.54, 1.807) is 11.0 Å². The van der Waals surface area contributed by atoms with Crippen molar-refractivity contribution in [2.75, 3.05) is 68.4 Å². The van der Waals surface area contributed by atoms with Crippen LogP contribution in [0.3, 0.4) is 0 Å². The van der Waals surface area contributed by atoms with E-state index in [4.69, 9.17) is 21.1 Å². The Morgan fingerprint density at radius 1 is 0.895 bits per heavy atom. The second kappa shape index (κ2) is 22.0. The zero-order valence-corrected chi connectivity index (χ0v) is 46.6. The summed E-state index contributed by atoms with van der Waals surface area (Å²) < 4.78 is 112. The molecule has 3 fully saturated rings. The standard InChI is InChI=1S/C55H66ClF3N6O8S3/c1-53(2,3)73-52(67)63-32-41-16-17-42(33-63)64(41)24-22-40(35-74-44-9-7-6-8-10-44)60-47-19-18-45(28-50(47)75(68,69)55(57,58)59)76(70,71)61-51(66)37-13-20-48-49(27-37)72-34-43-31-62(25-26-65(43)48)30-38-29-54(4,5)23-21-46(38)36-11-14-39(56)15-12-36/h6-15,18-20,27-28,40-43,60H,16-17,21-26,29-35H2,1-5H3,(H,61,66)/t40-,41?,42?,43+/m1/s1. The molecule has 4 aromatic carbocycles. The van der Waals surface area contributed by atoms with E-state index in [0.29, 0.717) is 61.8 Å². The Morgan fingerprint density at radius 3 is 2.29 bits per heavy atom. The molecule has 3 saturated heterocycles. The number of rotatable bonds is 15. The van der Waals surface area contributed by atoms with E-state index in [2.05, 4.69) is 46.0 Å². The van der Waals surface area contributed by atoms with Crippen molar-refractivity contribution < 1.29 is 49.1 Å². The average Bonchev–Trinajstić information content (AvgIpc) is 3.61. The first-order chi connectivity index (χ1) is 35.8. The van der Waals surface area contributed by atoms with Crippen molar-refractivity contribution in [3.63, 3.8) is 0 Å². The van der Waals surface area contributed by atoms with Crippen LogP contribution in [0, 0.1) is 5.41 Å². The summed E-state index contributed by atoms with van der Waals surface area (Å²) in [4.78, 5) is 34.1. The molecular formula is C55H66ClF3N6O8S3. The fraction of sp³-hybridized carbons (Fsp3) is 0.491. The third-order valence-corrected chi connectivity index (χ3v) is 19.2. The highest BCUT2D eigenvalue weighted by Crippen LogP contribution is 2.44. The number of benzene rings is 4. The summed E-state index contributed by atoms with van der Waals surface area (Å²) in [6.45, 7) is 14.8. The Kier molecular flexibility index (Phi) is 16.2. The van der Waals surface area contributed by atoms with Gasteiger partial charge in [0.1, 0.15) is 22.9 Å². The van der Waals surface area contributed by atoms with Gasteiger partial charge in [0.25, 0.3) is 25.8 Å². The molecule has 4 aromatic rings. The lowest BCUT2D eigenvalue weighted by atomic mass is 9.72. The van der Waals surface area contributed by atoms with Crippen LogP contribution in [0.25, 0.3) is 5.57 Å². The number of hydrogen-bond acceptors (Lipinski definition) is 13. The lowest BCUT2D eigenvalue weighted by Gasteiger charge is -2.46. The average molecular weight is 1130 g/mol. The van der Waals surface area contributed by atoms with E-state index in [1.807, 2.05) is 68.0 Å². The first-order valence-corrected chi connectivity index (χ1v) is 30.1. The van der Waals surface area contributed by atoms with Crippen LogP contribution < -0.4 is 19.7 Å². The van der Waals surface area contributed by atoms with Gasteiger partial charge in [-0.2, -0.15) is 13.2 Å². The number of anilines is 2. The Hall–Kier alpha value is -4.99. The number of sulfone groups is 1. The molecule has 2 amide bonds. The molecule has 2 bridgehead atoms. The normalized spacial score (nSPS) is 21.6. The Balaban J connectivity index is 0.889. The van der Waals surface area contributed by atoms with Crippen molar-refractivity contribution in [1.29, 1.82) is 0 Å². The second-order valence-electron chi connectivity index (χ2n) is 22.3. The van der Waals surface area contributed by atoms with E-state index in [0.717, 1.165) is 74.5 Å². The monoisotopic (exact) mass is 1130 g/mol. The minimum absolute atomic E-state index is 0.0125. The predicted molar refractivity (Wildman–Crippen MR) is 290 cm³/mol. The molecule has 9 rings (SSSR count). The minimum atomic E-state index is -6.14. The highest BCUT2D eigenvalue weighted by molar-refractivity contribution is 7.99. The van der Waals surface area contributed by atoms with Crippen molar-refractivity contribution in [3.05, 3.63) is 113 Å². The highest BCUT2D eigenvalue weighted by Gasteiger charge is 2.49. The summed E-state index contributed by atoms with van der Waals surface area (Å²) >= 11 is 7.66. The number of nitrogens with one attached hydrogen (secondary N) is 2. The molecule has 4 aliphatic heterocycles. The number of thioether (sulfide) groups is 1. The molecule has 76 heavy (non-hydrogen) atoms. The van der Waals surface area contributed by atoms with Gasteiger partial charge in [0, 0.05) is 85.2 Å². The highest BCUT2D eigenvalue weighted by atomic mass is 35.5. The largest absolute Gasteiger partial charge is 0.501 e. The SMILES string of the molecule is CC1(C)CCC(c2ccc(Cl)cc2)=C(CN2CCN3c4ccc(C(=O)NS(=O)(=O)c5ccc(N[C@H](CCN6C7CCC6CN(C(=O)OC(C)(C)C)C7)CSc6ccccc6)c(S(=O)(=O)C(F)(F)F)c5)cc4OC[C@@H]3C2)C1. The first kappa shape index (κ1) is 55.8. The number of piperazine rings is 2. The van der Waals surface area contributed by atoms with E-state index >= 15 is 0 Å². The fourth-order valence-corrected chi connectivity index (χ4v) is 14.3. The molecule has 5 aliphatic rings. The van der Waals surface area contributed by atoms with Crippen LogP contribution in [0.2, 0.25) is 5.02 Å². The van der Waals surface area contributed by atoms with Crippen molar-refractivity contribution in [2.24, 2.45) is 5.41 Å². The zero-order chi connectivity index (χ0) is 54.4. The maximum absolute atomic E-state index is 14.5. The number of halogens is 4. The van der Waals surface area contributed by atoms with Crippen LogP contribution in [0.15, 0.2) is 111 Å². The van der Waals surface area contributed by atoms with Gasteiger partial charge in [-0.25, -0.2) is 26.4 Å². The number of nitrogens with zero attached hydrogens (tertiary/aromatic N) is 4. The predicted octanol–water partition coefficient (Wildman–Crippen LogP) is 10.3. The molecule has 0 aromatic heterocycles. The number of amides is 2. The van der Waals surface area contributed by atoms with Crippen LogP contribution in [0.4, 0.5) is 29.3 Å². The number of likely N-dealkylation sites (tertiary alicyclic amines) is 1. The van der Waals surface area contributed by atoms with E-state index in [9.17, 15) is 39.6 Å². The number of hydrogen-bond donors (Lipinski definition) is 2. The summed E-state index contributed by atoms with van der Waals surface area (Å²) in [5.41, 5.74) is -2.06. The molecule has 0 saturated carbocycles. The quantitative estimate of drug-likeness (QED) is 0.109. The molecule has 21 heteroatoms. The molecule has 4 heterocycles. The third kappa shape index (κ3) is 12.8. The third-order valence-electron chi connectivity index (χ3n) is 15.0. The molecular weight excluding hydrogens is 1060 g/mol. The van der Waals surface area contributed by atoms with Crippen molar-refractivity contribution in [2.45, 2.75) is 123 Å². The van der Waals surface area contributed by atoms with Gasteiger partial charge in [0.2, 0.25) is 0 Å². The topological polar surface area (TPSA) is 158 Å². The summed E-state index contributed by atoms with van der Waals surface area (Å²) in [7, 11) is -11.1. The summed E-state index contributed by atoms with van der Waals surface area (Å²) in [5, 5.41) is 3.75. The second-order valence-corrected chi connectivity index (χ2v) is 27.4. The first-order valence-electron chi connectivity index (χ1n) is 25.8. The van der Waals surface area contributed by atoms with E-state index in [-0.39, 0.29) is 35.2 Å². The molecule has 4 atom stereocenters. The summed E-state index contributed by atoms with van der Waals surface area (Å²) in [6, 6.07) is 23.8. The number of fused-ring (bicyclic) bond motifs is 5. The minimum Gasteiger partial charge on any atom is -0.489 e. The summed E-state index contributed by atoms with van der Waals surface area (Å²) in [6.07, 6.45) is 4.73. The van der Waals surface area contributed by atoms with Crippen LogP contribution in [-0.2, 0) is 24.6 Å².